The summed E-state index contributed by atoms with van der Waals surface area (Å²) in [6.07, 6.45) is 6.34. The lowest BCUT2D eigenvalue weighted by Gasteiger charge is -2.23. The van der Waals surface area contributed by atoms with Crippen LogP contribution in [0, 0.1) is 5.92 Å². The molecule has 144 valence electrons. The van der Waals surface area contributed by atoms with Crippen LogP contribution >= 0.6 is 0 Å². The summed E-state index contributed by atoms with van der Waals surface area (Å²) >= 11 is 0. The van der Waals surface area contributed by atoms with Crippen molar-refractivity contribution in [3.63, 3.8) is 0 Å². The number of hydrogen-bond donors (Lipinski definition) is 0. The Labute approximate surface area is 167 Å². The fourth-order valence-corrected chi connectivity index (χ4v) is 5.18. The number of nitrogens with zero attached hydrogens (tertiary/aromatic N) is 3. The van der Waals surface area contributed by atoms with Crippen LogP contribution in [0.2, 0.25) is 0 Å². The van der Waals surface area contributed by atoms with Gasteiger partial charge < -0.3 is 4.90 Å². The molecule has 0 radical (unpaired) electrons. The van der Waals surface area contributed by atoms with Gasteiger partial charge in [-0.1, -0.05) is 30.3 Å². The highest BCUT2D eigenvalue weighted by atomic mass is 16.2. The minimum Gasteiger partial charge on any atom is -0.303 e. The number of likely N-dealkylation sites (tertiary alicyclic amines) is 1. The van der Waals surface area contributed by atoms with Crippen LogP contribution in [-0.2, 0) is 0 Å². The quantitative estimate of drug-likeness (QED) is 0.500. The normalized spacial score (nSPS) is 19.8. The van der Waals surface area contributed by atoms with E-state index >= 15 is 0 Å². The van der Waals surface area contributed by atoms with Crippen molar-refractivity contribution in [3.05, 3.63) is 60.0 Å². The van der Waals surface area contributed by atoms with Crippen molar-refractivity contribution in [2.75, 3.05) is 19.6 Å². The summed E-state index contributed by atoms with van der Waals surface area (Å²) in [6, 6.07) is 12.2. The molecule has 0 bridgehead atoms. The van der Waals surface area contributed by atoms with Gasteiger partial charge in [-0.3, -0.25) is 14.0 Å². The summed E-state index contributed by atoms with van der Waals surface area (Å²) in [5.74, 6) is -0.718. The van der Waals surface area contributed by atoms with Gasteiger partial charge in [-0.25, -0.2) is 4.98 Å². The first-order valence-electron chi connectivity index (χ1n) is 10.3. The van der Waals surface area contributed by atoms with Crippen molar-refractivity contribution < 1.29 is 9.59 Å². The molecule has 1 unspecified atom stereocenters. The second-order valence-electron chi connectivity index (χ2n) is 8.20. The molecule has 1 aliphatic heterocycles. The Morgan fingerprint density at radius 2 is 1.83 bits per heavy atom. The van der Waals surface area contributed by atoms with E-state index in [0.717, 1.165) is 46.8 Å². The van der Waals surface area contributed by atoms with E-state index in [1.54, 1.807) is 12.5 Å². The van der Waals surface area contributed by atoms with Crippen molar-refractivity contribution in [3.8, 4) is 0 Å². The average Bonchev–Trinajstić information content (AvgIpc) is 3.38. The lowest BCUT2D eigenvalue weighted by molar-refractivity contribution is 0.0786. The van der Waals surface area contributed by atoms with Crippen molar-refractivity contribution in [2.45, 2.75) is 19.3 Å². The molecule has 1 atom stereocenters. The predicted molar refractivity (Wildman–Crippen MR) is 113 cm³/mol. The van der Waals surface area contributed by atoms with Crippen LogP contribution < -0.4 is 0 Å². The van der Waals surface area contributed by atoms with Crippen LogP contribution in [-0.4, -0.2) is 45.5 Å². The Morgan fingerprint density at radius 3 is 2.69 bits per heavy atom. The maximum atomic E-state index is 13.7. The number of carbonyl (C=O) groups is 2. The fraction of sp³-hybridized carbons (Fsp3) is 0.292. The van der Waals surface area contributed by atoms with Crippen molar-refractivity contribution >= 4 is 38.8 Å². The van der Waals surface area contributed by atoms with Crippen LogP contribution in [0.15, 0.2) is 48.9 Å². The first kappa shape index (κ1) is 16.9. The SMILES string of the molecule is O=C1c2cncn3c2c(c2c4ccccc4ccc23)C(=O)C1CCN1CCCC1. The first-order chi connectivity index (χ1) is 14.2. The summed E-state index contributed by atoms with van der Waals surface area (Å²) in [6.45, 7) is 2.93. The molecule has 2 aliphatic rings. The highest BCUT2D eigenvalue weighted by Gasteiger charge is 2.39. The Bertz CT molecular complexity index is 1310. The van der Waals surface area contributed by atoms with Crippen LogP contribution in [0.1, 0.15) is 40.0 Å². The van der Waals surface area contributed by atoms with Crippen molar-refractivity contribution in [1.82, 2.24) is 14.3 Å². The van der Waals surface area contributed by atoms with Gasteiger partial charge in [-0.05, 0) is 55.7 Å². The van der Waals surface area contributed by atoms with Gasteiger partial charge in [0.2, 0.25) is 0 Å². The third-order valence-corrected chi connectivity index (χ3v) is 6.61. The highest BCUT2D eigenvalue weighted by molar-refractivity contribution is 6.33. The van der Waals surface area contributed by atoms with Crippen molar-refractivity contribution in [2.24, 2.45) is 5.92 Å². The molecule has 1 saturated heterocycles. The molecule has 3 heterocycles. The minimum absolute atomic E-state index is 0.0308. The number of fused-ring (bicyclic) bond motifs is 5. The second-order valence-corrected chi connectivity index (χ2v) is 8.20. The standard InChI is InChI=1S/C24H21N3O2/c28-23-17(9-12-26-10-3-4-11-26)24(29)21-20-16-6-2-1-5-15(16)7-8-19(20)27-14-25-13-18(23)22(21)27/h1-2,5-8,13-14,17H,3-4,9-12H2. The van der Waals surface area contributed by atoms with E-state index < -0.39 is 5.92 Å². The van der Waals surface area contributed by atoms with E-state index in [0.29, 0.717) is 17.5 Å². The zero-order valence-corrected chi connectivity index (χ0v) is 16.1. The molecule has 4 aromatic rings. The number of ketones is 2. The maximum absolute atomic E-state index is 13.7. The molecule has 0 amide bonds. The van der Waals surface area contributed by atoms with Crippen LogP contribution in [0.5, 0.6) is 0 Å². The van der Waals surface area contributed by atoms with E-state index in [4.69, 9.17) is 0 Å². The molecular formula is C24H21N3O2. The molecule has 0 spiro atoms. The number of carbonyl (C=O) groups excluding carboxylic acids is 2. The summed E-state index contributed by atoms with van der Waals surface area (Å²) in [5.41, 5.74) is 2.93. The Balaban J connectivity index is 1.59. The molecule has 1 fully saturated rings. The Morgan fingerprint density at radius 1 is 1.00 bits per heavy atom. The van der Waals surface area contributed by atoms with Gasteiger partial charge in [0.1, 0.15) is 0 Å². The number of benzene rings is 2. The third kappa shape index (κ3) is 2.34. The monoisotopic (exact) mass is 383 g/mol. The average molecular weight is 383 g/mol. The van der Waals surface area contributed by atoms with Gasteiger partial charge in [0, 0.05) is 11.6 Å². The van der Waals surface area contributed by atoms with Gasteiger partial charge in [0.05, 0.1) is 34.4 Å². The largest absolute Gasteiger partial charge is 0.303 e. The molecule has 0 saturated carbocycles. The molecule has 0 N–H and O–H groups in total. The molecule has 5 nitrogen and oxygen atoms in total. The molecule has 1 aliphatic carbocycles. The summed E-state index contributed by atoms with van der Waals surface area (Å²) in [7, 11) is 0. The van der Waals surface area contributed by atoms with Gasteiger partial charge in [-0.2, -0.15) is 0 Å². The number of Topliss-reactive ketones (excluding diaryl/α,β-unsaturated/α-hetero) is 2. The smallest absolute Gasteiger partial charge is 0.177 e. The van der Waals surface area contributed by atoms with Crippen LogP contribution in [0.4, 0.5) is 0 Å². The molecule has 2 aromatic heterocycles. The zero-order valence-electron chi connectivity index (χ0n) is 16.1. The van der Waals surface area contributed by atoms with Gasteiger partial charge in [0.15, 0.2) is 11.6 Å². The van der Waals surface area contributed by atoms with E-state index in [2.05, 4.69) is 28.1 Å². The second kappa shape index (κ2) is 6.22. The van der Waals surface area contributed by atoms with E-state index in [1.165, 1.54) is 12.8 Å². The zero-order chi connectivity index (χ0) is 19.5. The summed E-state index contributed by atoms with van der Waals surface area (Å²) in [5, 5.41) is 3.09. The van der Waals surface area contributed by atoms with Gasteiger partial charge in [0.25, 0.3) is 0 Å². The third-order valence-electron chi connectivity index (χ3n) is 6.61. The molecule has 2 aromatic carbocycles. The van der Waals surface area contributed by atoms with Crippen LogP contribution in [0.25, 0.3) is 27.2 Å². The lowest BCUT2D eigenvalue weighted by atomic mass is 9.81. The Hall–Kier alpha value is -3.05. The number of aromatic nitrogens is 2. The summed E-state index contributed by atoms with van der Waals surface area (Å²) < 4.78 is 1.92. The minimum atomic E-state index is -0.610. The lowest BCUT2D eigenvalue weighted by Crippen LogP contribution is -2.33. The number of rotatable bonds is 3. The molecular weight excluding hydrogens is 362 g/mol. The van der Waals surface area contributed by atoms with Crippen molar-refractivity contribution in [1.29, 1.82) is 0 Å². The van der Waals surface area contributed by atoms with E-state index in [-0.39, 0.29) is 11.6 Å². The van der Waals surface area contributed by atoms with E-state index in [1.807, 2.05) is 22.6 Å². The predicted octanol–water partition coefficient (Wildman–Crippen LogP) is 4.12. The molecule has 29 heavy (non-hydrogen) atoms. The van der Waals surface area contributed by atoms with Gasteiger partial charge in [-0.15, -0.1) is 0 Å². The first-order valence-corrected chi connectivity index (χ1v) is 10.3. The van der Waals surface area contributed by atoms with E-state index in [9.17, 15) is 9.59 Å². The number of hydrogen-bond acceptors (Lipinski definition) is 4. The van der Waals surface area contributed by atoms with Gasteiger partial charge >= 0.3 is 0 Å². The molecule has 6 rings (SSSR count). The van der Waals surface area contributed by atoms with Crippen LogP contribution in [0.3, 0.4) is 0 Å². The molecule has 5 heteroatoms. The topological polar surface area (TPSA) is 54.7 Å². The fourth-order valence-electron chi connectivity index (χ4n) is 5.18. The maximum Gasteiger partial charge on any atom is 0.177 e. The summed E-state index contributed by atoms with van der Waals surface area (Å²) in [4.78, 5) is 33.6. The Kier molecular flexibility index (Phi) is 3.62. The highest BCUT2D eigenvalue weighted by Crippen LogP contribution is 2.39.